The van der Waals surface area contributed by atoms with Crippen molar-refractivity contribution in [2.24, 2.45) is 14.1 Å². The predicted octanol–water partition coefficient (Wildman–Crippen LogP) is -7.39. The van der Waals surface area contributed by atoms with Crippen molar-refractivity contribution in [1.82, 2.24) is 29.1 Å². The predicted molar refractivity (Wildman–Crippen MR) is 83.8 cm³/mol. The van der Waals surface area contributed by atoms with Crippen LogP contribution in [0.15, 0.2) is 31.0 Å². The number of nitrogens with zero attached hydrogens (tertiary/aromatic N) is 5. The van der Waals surface area contributed by atoms with Crippen molar-refractivity contribution in [3.05, 3.63) is 54.7 Å². The van der Waals surface area contributed by atoms with Crippen LogP contribution in [0.1, 0.15) is 17.5 Å². The Hall–Kier alpha value is -0.426. The molecule has 6 nitrogen and oxygen atoms in total. The van der Waals surface area contributed by atoms with Gasteiger partial charge in [-0.1, -0.05) is 13.1 Å². The van der Waals surface area contributed by atoms with E-state index in [-0.39, 0.29) is 66.7 Å². The van der Waals surface area contributed by atoms with E-state index in [4.69, 9.17) is 0 Å². The molecule has 0 saturated carbocycles. The van der Waals surface area contributed by atoms with Crippen LogP contribution in [0.5, 0.6) is 0 Å². The van der Waals surface area contributed by atoms with Gasteiger partial charge < -0.3 is 43.9 Å². The van der Waals surface area contributed by atoms with Crippen LogP contribution in [0.4, 0.5) is 0 Å². The maximum atomic E-state index is 3.98. The van der Waals surface area contributed by atoms with Crippen molar-refractivity contribution in [2.75, 3.05) is 0 Å². The molecule has 3 heterocycles. The Morgan fingerprint density at radius 3 is 1.71 bits per heavy atom. The first-order valence-corrected chi connectivity index (χ1v) is 6.26. The number of halogens is 2. The number of rotatable bonds is 0. The molecule has 0 fully saturated rings. The summed E-state index contributed by atoms with van der Waals surface area (Å²) in [5.74, 6) is 3.02. The molecule has 0 aromatic carbocycles. The molecule has 0 amide bonds. The fraction of sp³-hybridized carbons (Fsp3) is 0.357. The molecule has 3 aromatic heterocycles. The first-order chi connectivity index (χ1) is 9.50. The molecule has 0 saturated heterocycles. The zero-order chi connectivity index (χ0) is 15.0. The Bertz CT molecular complexity index is 541. The number of imidazole rings is 3. The van der Waals surface area contributed by atoms with Gasteiger partial charge in [0.2, 0.25) is 0 Å². The summed E-state index contributed by atoms with van der Waals surface area (Å²) < 4.78 is 3.82. The van der Waals surface area contributed by atoms with Gasteiger partial charge >= 0.3 is 41.9 Å². The second-order valence-corrected chi connectivity index (χ2v) is 4.25. The summed E-state index contributed by atoms with van der Waals surface area (Å²) in [6, 6.07) is 0. The van der Waals surface area contributed by atoms with Crippen LogP contribution in [0.25, 0.3) is 0 Å². The van der Waals surface area contributed by atoms with Crippen LogP contribution in [-0.2, 0) is 14.1 Å². The molecule has 3 aromatic rings. The minimum Gasteiger partial charge on any atom is -1.00 e. The van der Waals surface area contributed by atoms with Crippen molar-refractivity contribution in [1.29, 1.82) is 0 Å². The minimum absolute atomic E-state index is 0. The standard InChI is InChI=1S/C5H8N2.C5H7N2.C4H6N2.2ClH.Li.Mg/c2*1-5-6-3-4-7(5)2;1-4-5-2-3-6-4;;;;/h3-4H,1-2H3;3H,1-2H3;2-3H,1H3,(H,5,6);2*1H;;/q;-1;;;;+1;+2/p-2. The fourth-order valence-electron chi connectivity index (χ4n) is 1.17. The third kappa shape index (κ3) is 12.9. The number of nitrogens with one attached hydrogen (secondary N) is 1. The van der Waals surface area contributed by atoms with Crippen LogP contribution in [0, 0.1) is 27.0 Å². The molecule has 0 aliphatic rings. The number of hydrogen-bond acceptors (Lipinski definition) is 3. The van der Waals surface area contributed by atoms with Gasteiger partial charge in [0.25, 0.3) is 0 Å². The molecule has 24 heavy (non-hydrogen) atoms. The van der Waals surface area contributed by atoms with Gasteiger partial charge in [-0.3, -0.25) is 0 Å². The van der Waals surface area contributed by atoms with E-state index in [1.807, 2.05) is 50.2 Å². The second-order valence-electron chi connectivity index (χ2n) is 4.25. The molecule has 0 spiro atoms. The summed E-state index contributed by atoms with van der Waals surface area (Å²) >= 11 is 0. The summed E-state index contributed by atoms with van der Waals surface area (Å²) in [5, 5.41) is 0. The van der Waals surface area contributed by atoms with E-state index in [1.54, 1.807) is 24.8 Å². The van der Waals surface area contributed by atoms with Gasteiger partial charge in [0, 0.05) is 31.8 Å². The van der Waals surface area contributed by atoms with E-state index in [1.165, 1.54) is 0 Å². The Kier molecular flexibility index (Phi) is 22.7. The smallest absolute Gasteiger partial charge is 1.00 e. The third-order valence-electron chi connectivity index (χ3n) is 2.69. The van der Waals surface area contributed by atoms with Crippen molar-refractivity contribution in [3.63, 3.8) is 0 Å². The maximum Gasteiger partial charge on any atom is 2.00 e. The number of aromatic amines is 1. The quantitative estimate of drug-likeness (QED) is 0.314. The second kappa shape index (κ2) is 17.4. The largest absolute Gasteiger partial charge is 2.00 e. The van der Waals surface area contributed by atoms with Gasteiger partial charge in [-0.15, -0.1) is 0 Å². The normalized spacial score (nSPS) is 7.71. The van der Waals surface area contributed by atoms with Crippen LogP contribution < -0.4 is 43.7 Å². The van der Waals surface area contributed by atoms with E-state index >= 15 is 0 Å². The average Bonchev–Trinajstić information content (AvgIpc) is 3.11. The summed E-state index contributed by atoms with van der Waals surface area (Å²) in [5.41, 5.74) is 0. The van der Waals surface area contributed by atoms with Gasteiger partial charge in [-0.05, 0) is 26.7 Å². The van der Waals surface area contributed by atoms with Crippen molar-refractivity contribution in [3.8, 4) is 0 Å². The molecule has 124 valence electrons. The first-order valence-electron chi connectivity index (χ1n) is 6.26. The molecule has 3 rings (SSSR count). The maximum absolute atomic E-state index is 3.98. The third-order valence-corrected chi connectivity index (χ3v) is 2.69. The average molecular weight is 376 g/mol. The van der Waals surface area contributed by atoms with Gasteiger partial charge in [0.05, 0.1) is 0 Å². The van der Waals surface area contributed by atoms with Crippen molar-refractivity contribution < 1.29 is 43.7 Å². The Morgan fingerprint density at radius 2 is 1.58 bits per heavy atom. The Balaban J connectivity index is -0.000000116. The number of hydrogen-bond donors (Lipinski definition) is 1. The summed E-state index contributed by atoms with van der Waals surface area (Å²) in [4.78, 5) is 14.7. The molecule has 0 unspecified atom stereocenters. The van der Waals surface area contributed by atoms with Crippen LogP contribution in [0.3, 0.4) is 0 Å². The van der Waals surface area contributed by atoms with Crippen molar-refractivity contribution >= 4 is 23.1 Å². The van der Waals surface area contributed by atoms with Gasteiger partial charge in [-0.25, -0.2) is 9.97 Å². The summed E-state index contributed by atoms with van der Waals surface area (Å²) in [6.45, 7) is 5.83. The molecule has 10 heteroatoms. The summed E-state index contributed by atoms with van der Waals surface area (Å²) in [7, 11) is 3.89. The van der Waals surface area contributed by atoms with E-state index < -0.39 is 0 Å². The van der Waals surface area contributed by atoms with E-state index in [0.717, 1.165) is 17.5 Å². The Labute approximate surface area is 184 Å². The van der Waals surface area contributed by atoms with E-state index in [0.29, 0.717) is 0 Å². The summed E-state index contributed by atoms with van der Waals surface area (Å²) in [6.07, 6.45) is 11.8. The first kappa shape index (κ1) is 31.4. The number of aryl methyl sites for hydroxylation is 5. The number of H-pyrrole nitrogens is 1. The van der Waals surface area contributed by atoms with Gasteiger partial charge in [0.1, 0.15) is 11.6 Å². The molecule has 0 aliphatic carbocycles. The van der Waals surface area contributed by atoms with E-state index in [2.05, 4.69) is 26.1 Å². The zero-order valence-electron chi connectivity index (χ0n) is 15.1. The molecular formula is C14H21Cl2LiMgN6. The zero-order valence-corrected chi connectivity index (χ0v) is 18.0. The molecule has 0 atom stereocenters. The van der Waals surface area contributed by atoms with Crippen LogP contribution in [0.2, 0.25) is 0 Å². The fourth-order valence-corrected chi connectivity index (χ4v) is 1.17. The van der Waals surface area contributed by atoms with Crippen LogP contribution in [-0.4, -0.2) is 52.1 Å². The molecule has 0 aliphatic heterocycles. The monoisotopic (exact) mass is 374 g/mol. The van der Waals surface area contributed by atoms with Crippen LogP contribution >= 0.6 is 0 Å². The molecule has 0 bridgehead atoms. The molecular weight excluding hydrogens is 354 g/mol. The van der Waals surface area contributed by atoms with Gasteiger partial charge in [0.15, 0.2) is 0 Å². The van der Waals surface area contributed by atoms with Crippen molar-refractivity contribution in [2.45, 2.75) is 20.8 Å². The SMILES string of the molecule is Cc1nc[c-]n1C.Cc1ncc[nH]1.Cc1nccn1C.[Cl-].[Cl-].[Li+].[Mg+2]. The van der Waals surface area contributed by atoms with E-state index in [9.17, 15) is 0 Å². The van der Waals surface area contributed by atoms with Gasteiger partial charge in [-0.2, -0.15) is 6.20 Å². The molecule has 0 radical (unpaired) electrons. The Morgan fingerprint density at radius 1 is 0.958 bits per heavy atom. The topological polar surface area (TPSA) is 64.3 Å². The molecule has 1 N–H and O–H groups in total. The number of aromatic nitrogens is 6. The minimum atomic E-state index is 0.